The Morgan fingerprint density at radius 1 is 0.970 bits per heavy atom. The summed E-state index contributed by atoms with van der Waals surface area (Å²) in [4.78, 5) is 24.8. The number of benzene rings is 3. The van der Waals surface area contributed by atoms with Crippen LogP contribution in [-0.2, 0) is 4.79 Å². The van der Waals surface area contributed by atoms with Gasteiger partial charge in [0.15, 0.2) is 17.7 Å². The van der Waals surface area contributed by atoms with Crippen molar-refractivity contribution < 1.29 is 28.2 Å². The van der Waals surface area contributed by atoms with E-state index in [0.29, 0.717) is 5.75 Å². The molecular weight excluding hydrogens is 454 g/mol. The van der Waals surface area contributed by atoms with E-state index in [2.05, 4.69) is 10.6 Å². The van der Waals surface area contributed by atoms with E-state index in [-0.39, 0.29) is 22.0 Å². The van der Waals surface area contributed by atoms with Crippen LogP contribution in [0.15, 0.2) is 48.5 Å². The second-order valence-electron chi connectivity index (χ2n) is 7.45. The minimum Gasteiger partial charge on any atom is -0.506 e. The maximum atomic E-state index is 13.4. The Labute approximate surface area is 194 Å². The van der Waals surface area contributed by atoms with Crippen LogP contribution in [0.4, 0.5) is 20.2 Å². The van der Waals surface area contributed by atoms with Crippen LogP contribution in [0, 0.1) is 25.5 Å². The van der Waals surface area contributed by atoms with Gasteiger partial charge in [-0.15, -0.1) is 0 Å². The molecule has 172 valence electrons. The molecule has 33 heavy (non-hydrogen) atoms. The number of aromatic hydroxyl groups is 1. The second-order valence-corrected chi connectivity index (χ2v) is 7.86. The molecule has 1 unspecified atom stereocenters. The number of carbonyl (C=O) groups is 2. The van der Waals surface area contributed by atoms with Gasteiger partial charge in [0.1, 0.15) is 11.5 Å². The third-order valence-electron chi connectivity index (χ3n) is 4.79. The van der Waals surface area contributed by atoms with Crippen molar-refractivity contribution in [3.8, 4) is 11.5 Å². The van der Waals surface area contributed by atoms with E-state index in [1.54, 1.807) is 6.92 Å². The van der Waals surface area contributed by atoms with Gasteiger partial charge in [-0.3, -0.25) is 9.59 Å². The minimum atomic E-state index is -1.18. The summed E-state index contributed by atoms with van der Waals surface area (Å²) in [5.74, 6) is -3.38. The smallest absolute Gasteiger partial charge is 0.265 e. The van der Waals surface area contributed by atoms with E-state index in [4.69, 9.17) is 16.3 Å². The fourth-order valence-corrected chi connectivity index (χ4v) is 3.11. The lowest BCUT2D eigenvalue weighted by atomic mass is 10.1. The molecule has 0 aromatic heterocycles. The highest BCUT2D eigenvalue weighted by Gasteiger charge is 2.19. The first-order valence-corrected chi connectivity index (χ1v) is 10.3. The van der Waals surface area contributed by atoms with Crippen LogP contribution in [-0.4, -0.2) is 23.0 Å². The quantitative estimate of drug-likeness (QED) is 0.406. The Kier molecular flexibility index (Phi) is 7.18. The van der Waals surface area contributed by atoms with Crippen molar-refractivity contribution in [3.05, 3.63) is 81.9 Å². The number of nitrogens with one attached hydrogen (secondary N) is 2. The molecule has 9 heteroatoms. The van der Waals surface area contributed by atoms with E-state index in [0.717, 1.165) is 35.4 Å². The van der Waals surface area contributed by atoms with Gasteiger partial charge in [0.25, 0.3) is 11.8 Å². The highest BCUT2D eigenvalue weighted by Crippen LogP contribution is 2.34. The fourth-order valence-electron chi connectivity index (χ4n) is 2.90. The van der Waals surface area contributed by atoms with Gasteiger partial charge in [0, 0.05) is 11.6 Å². The number of ether oxygens (including phenoxy) is 1. The number of hydrogen-bond donors (Lipinski definition) is 3. The summed E-state index contributed by atoms with van der Waals surface area (Å²) in [6.45, 7) is 5.34. The molecule has 0 bridgehead atoms. The topological polar surface area (TPSA) is 87.7 Å². The summed E-state index contributed by atoms with van der Waals surface area (Å²) < 4.78 is 32.2. The number of phenols is 1. The monoisotopic (exact) mass is 474 g/mol. The predicted octanol–water partition coefficient (Wildman–Crippen LogP) is 5.60. The summed E-state index contributed by atoms with van der Waals surface area (Å²) in [6, 6.07) is 10.7. The number of phenolic OH excluding ortho intramolecular Hbond substituents is 1. The van der Waals surface area contributed by atoms with Gasteiger partial charge in [0.05, 0.1) is 16.4 Å². The average Bonchev–Trinajstić information content (AvgIpc) is 2.76. The third-order valence-corrected chi connectivity index (χ3v) is 5.10. The van der Waals surface area contributed by atoms with Gasteiger partial charge in [0.2, 0.25) is 0 Å². The molecule has 0 aliphatic rings. The Morgan fingerprint density at radius 2 is 1.70 bits per heavy atom. The number of halogens is 3. The van der Waals surface area contributed by atoms with Gasteiger partial charge in [-0.25, -0.2) is 8.78 Å². The van der Waals surface area contributed by atoms with Crippen molar-refractivity contribution in [1.29, 1.82) is 0 Å². The summed E-state index contributed by atoms with van der Waals surface area (Å²) in [6.07, 6.45) is -0.864. The summed E-state index contributed by atoms with van der Waals surface area (Å²) >= 11 is 6.20. The molecule has 3 aromatic carbocycles. The molecule has 2 amide bonds. The zero-order valence-electron chi connectivity index (χ0n) is 18.0. The summed E-state index contributed by atoms with van der Waals surface area (Å²) in [7, 11) is 0. The number of amides is 2. The molecule has 3 N–H and O–H groups in total. The maximum absolute atomic E-state index is 13.4. The van der Waals surface area contributed by atoms with Crippen molar-refractivity contribution in [1.82, 2.24) is 0 Å². The van der Waals surface area contributed by atoms with Crippen LogP contribution >= 0.6 is 11.6 Å². The van der Waals surface area contributed by atoms with Crippen molar-refractivity contribution in [2.24, 2.45) is 0 Å². The number of carbonyl (C=O) groups excluding carboxylic acids is 2. The van der Waals surface area contributed by atoms with E-state index in [1.807, 2.05) is 32.0 Å². The molecule has 0 aliphatic heterocycles. The first-order valence-electron chi connectivity index (χ1n) is 9.89. The molecule has 0 radical (unpaired) electrons. The lowest BCUT2D eigenvalue weighted by Crippen LogP contribution is -2.30. The van der Waals surface area contributed by atoms with Gasteiger partial charge in [-0.2, -0.15) is 0 Å². The summed E-state index contributed by atoms with van der Waals surface area (Å²) in [5, 5.41) is 15.2. The second kappa shape index (κ2) is 9.87. The molecule has 0 aliphatic carbocycles. The molecule has 0 saturated carbocycles. The molecule has 6 nitrogen and oxygen atoms in total. The van der Waals surface area contributed by atoms with E-state index in [9.17, 15) is 23.5 Å². The van der Waals surface area contributed by atoms with Crippen LogP contribution in [0.1, 0.15) is 28.4 Å². The largest absolute Gasteiger partial charge is 0.506 e. The normalized spacial score (nSPS) is 11.6. The molecular formula is C24H21ClF2N2O4. The predicted molar refractivity (Wildman–Crippen MR) is 122 cm³/mol. The Morgan fingerprint density at radius 3 is 2.39 bits per heavy atom. The van der Waals surface area contributed by atoms with Crippen molar-refractivity contribution in [2.75, 3.05) is 10.6 Å². The van der Waals surface area contributed by atoms with Crippen molar-refractivity contribution in [2.45, 2.75) is 26.9 Å². The highest BCUT2D eigenvalue weighted by atomic mass is 35.5. The SMILES string of the molecule is Cc1ccc(C)c(OC(C)C(=O)Nc2cc(O)c(NC(=O)c3ccc(F)c(F)c3)cc2Cl)c1. The molecule has 1 atom stereocenters. The van der Waals surface area contributed by atoms with E-state index in [1.165, 1.54) is 6.07 Å². The van der Waals surface area contributed by atoms with Gasteiger partial charge < -0.3 is 20.5 Å². The minimum absolute atomic E-state index is 0.0284. The molecule has 3 aromatic rings. The Hall–Kier alpha value is -3.65. The number of anilines is 2. The molecule has 0 spiro atoms. The zero-order valence-corrected chi connectivity index (χ0v) is 18.8. The van der Waals surface area contributed by atoms with Gasteiger partial charge in [-0.05, 0) is 62.2 Å². The average molecular weight is 475 g/mol. The maximum Gasteiger partial charge on any atom is 0.265 e. The lowest BCUT2D eigenvalue weighted by Gasteiger charge is -2.18. The standard InChI is InChI=1S/C24H21ClF2N2O4/c1-12-4-5-13(2)22(8-12)33-14(3)23(31)28-19-11-21(30)20(10-16(19)25)29-24(32)15-6-7-17(26)18(27)9-15/h4-11,14,30H,1-3H3,(H,28,31)(H,29,32). The first kappa shape index (κ1) is 24.0. The third kappa shape index (κ3) is 5.78. The zero-order chi connectivity index (χ0) is 24.3. The molecule has 0 heterocycles. The van der Waals surface area contributed by atoms with Crippen LogP contribution in [0.2, 0.25) is 5.02 Å². The number of rotatable bonds is 6. The summed E-state index contributed by atoms with van der Waals surface area (Å²) in [5.41, 5.74) is 1.72. The van der Waals surface area contributed by atoms with Crippen LogP contribution in [0.25, 0.3) is 0 Å². The fraction of sp³-hybridized carbons (Fsp3) is 0.167. The highest BCUT2D eigenvalue weighted by molar-refractivity contribution is 6.34. The first-order chi connectivity index (χ1) is 15.5. The van der Waals surface area contributed by atoms with Gasteiger partial charge in [-0.1, -0.05) is 23.7 Å². The van der Waals surface area contributed by atoms with Crippen LogP contribution < -0.4 is 15.4 Å². The molecule has 0 fully saturated rings. The lowest BCUT2D eigenvalue weighted by molar-refractivity contribution is -0.122. The van der Waals surface area contributed by atoms with Crippen LogP contribution in [0.3, 0.4) is 0 Å². The molecule has 3 rings (SSSR count). The van der Waals surface area contributed by atoms with E-state index >= 15 is 0 Å². The number of hydrogen-bond acceptors (Lipinski definition) is 4. The van der Waals surface area contributed by atoms with Crippen molar-refractivity contribution in [3.63, 3.8) is 0 Å². The number of aryl methyl sites for hydroxylation is 2. The van der Waals surface area contributed by atoms with Gasteiger partial charge >= 0.3 is 0 Å². The Balaban J connectivity index is 1.71. The Bertz CT molecular complexity index is 1230. The van der Waals surface area contributed by atoms with Crippen LogP contribution in [0.5, 0.6) is 11.5 Å². The van der Waals surface area contributed by atoms with Crippen molar-refractivity contribution >= 4 is 34.8 Å². The molecule has 0 saturated heterocycles. The van der Waals surface area contributed by atoms with E-state index < -0.39 is 35.3 Å².